The summed E-state index contributed by atoms with van der Waals surface area (Å²) in [6.07, 6.45) is 1.40. The zero-order chi connectivity index (χ0) is 9.14. The van der Waals surface area contributed by atoms with Crippen LogP contribution in [0.1, 0.15) is 10.5 Å². The first-order valence-corrected chi connectivity index (χ1v) is 3.29. The van der Waals surface area contributed by atoms with Crippen molar-refractivity contribution in [2.24, 2.45) is 5.73 Å². The maximum atomic E-state index is 10.6. The number of nitrogens with zero attached hydrogens (tertiary/aromatic N) is 2. The first-order chi connectivity index (χ1) is 5.61. The van der Waals surface area contributed by atoms with Gasteiger partial charge in [-0.25, -0.2) is 0 Å². The van der Waals surface area contributed by atoms with Crippen LogP contribution in [0.2, 0.25) is 0 Å². The van der Waals surface area contributed by atoms with Crippen LogP contribution < -0.4 is 10.8 Å². The molecule has 12 heavy (non-hydrogen) atoms. The van der Waals surface area contributed by atoms with E-state index in [0.717, 1.165) is 5.06 Å². The van der Waals surface area contributed by atoms with Crippen molar-refractivity contribution in [3.05, 3.63) is 24.0 Å². The lowest BCUT2D eigenvalue weighted by molar-refractivity contribution is 0.0995. The molecule has 5 nitrogen and oxygen atoms in total. The molecule has 3 N–H and O–H groups in total. The van der Waals surface area contributed by atoms with E-state index in [1.165, 1.54) is 19.3 Å². The summed E-state index contributed by atoms with van der Waals surface area (Å²) in [5.41, 5.74) is 5.59. The van der Waals surface area contributed by atoms with Crippen LogP contribution in [0.3, 0.4) is 0 Å². The molecule has 0 spiro atoms. The lowest BCUT2D eigenvalue weighted by Gasteiger charge is -2.09. The smallest absolute Gasteiger partial charge is 0.267 e. The molecule has 0 saturated heterocycles. The largest absolute Gasteiger partial charge is 0.364 e. The van der Waals surface area contributed by atoms with E-state index in [-0.39, 0.29) is 5.69 Å². The number of hydrogen-bond acceptors (Lipinski definition) is 4. The van der Waals surface area contributed by atoms with Crippen molar-refractivity contribution >= 4 is 11.6 Å². The second-order valence-corrected chi connectivity index (χ2v) is 2.29. The van der Waals surface area contributed by atoms with Crippen LogP contribution in [0.4, 0.5) is 5.69 Å². The van der Waals surface area contributed by atoms with Gasteiger partial charge in [0.25, 0.3) is 5.91 Å². The fraction of sp³-hybridized carbons (Fsp3) is 0.143. The number of rotatable bonds is 2. The van der Waals surface area contributed by atoms with Gasteiger partial charge in [0.05, 0.1) is 5.69 Å². The third kappa shape index (κ3) is 1.70. The van der Waals surface area contributed by atoms with Crippen molar-refractivity contribution in [1.82, 2.24) is 4.98 Å². The van der Waals surface area contributed by atoms with E-state index in [4.69, 9.17) is 10.9 Å². The van der Waals surface area contributed by atoms with Gasteiger partial charge in [0.1, 0.15) is 5.69 Å². The Morgan fingerprint density at radius 3 is 2.92 bits per heavy atom. The van der Waals surface area contributed by atoms with Gasteiger partial charge in [-0.1, -0.05) is 0 Å². The Kier molecular flexibility index (Phi) is 2.25. The topological polar surface area (TPSA) is 79.4 Å². The van der Waals surface area contributed by atoms with Crippen LogP contribution in [0.15, 0.2) is 18.3 Å². The highest BCUT2D eigenvalue weighted by Crippen LogP contribution is 2.09. The summed E-state index contributed by atoms with van der Waals surface area (Å²) in [5.74, 6) is -0.612. The van der Waals surface area contributed by atoms with E-state index in [1.54, 1.807) is 6.07 Å². The summed E-state index contributed by atoms with van der Waals surface area (Å²) in [7, 11) is 1.44. The number of anilines is 1. The quantitative estimate of drug-likeness (QED) is 0.608. The Morgan fingerprint density at radius 2 is 2.42 bits per heavy atom. The number of amides is 1. The Balaban J connectivity index is 3.04. The Morgan fingerprint density at radius 1 is 1.75 bits per heavy atom. The van der Waals surface area contributed by atoms with Crippen LogP contribution in [0, 0.1) is 0 Å². The number of carbonyl (C=O) groups is 1. The van der Waals surface area contributed by atoms with Crippen molar-refractivity contribution in [2.75, 3.05) is 12.1 Å². The molecule has 1 aromatic rings. The van der Waals surface area contributed by atoms with Gasteiger partial charge < -0.3 is 5.73 Å². The normalized spacial score (nSPS) is 9.50. The van der Waals surface area contributed by atoms with E-state index in [1.807, 2.05) is 0 Å². The van der Waals surface area contributed by atoms with Crippen molar-refractivity contribution in [2.45, 2.75) is 0 Å². The molecule has 1 heterocycles. The predicted octanol–water partition coefficient (Wildman–Crippen LogP) is 0.00590. The lowest BCUT2D eigenvalue weighted by Crippen LogP contribution is -2.15. The van der Waals surface area contributed by atoms with Gasteiger partial charge in [-0.05, 0) is 12.1 Å². The molecule has 1 aromatic heterocycles. The molecule has 0 saturated carbocycles. The number of hydrogen-bond donors (Lipinski definition) is 2. The van der Waals surface area contributed by atoms with Crippen LogP contribution in [-0.2, 0) is 0 Å². The second kappa shape index (κ2) is 3.19. The molecule has 0 bridgehead atoms. The summed E-state index contributed by atoms with van der Waals surface area (Å²) >= 11 is 0. The van der Waals surface area contributed by atoms with Crippen LogP contribution in [-0.4, -0.2) is 23.1 Å². The number of primary amides is 1. The van der Waals surface area contributed by atoms with E-state index in [0.29, 0.717) is 5.69 Å². The monoisotopic (exact) mass is 167 g/mol. The lowest BCUT2D eigenvalue weighted by atomic mass is 10.3. The van der Waals surface area contributed by atoms with Gasteiger partial charge in [0.2, 0.25) is 0 Å². The average Bonchev–Trinajstić information content (AvgIpc) is 2.04. The first kappa shape index (κ1) is 8.48. The number of nitrogens with two attached hydrogens (primary N) is 1. The van der Waals surface area contributed by atoms with E-state index in [2.05, 4.69) is 4.98 Å². The van der Waals surface area contributed by atoms with E-state index < -0.39 is 5.91 Å². The molecule has 0 fully saturated rings. The van der Waals surface area contributed by atoms with Gasteiger partial charge in [0.15, 0.2) is 0 Å². The third-order valence-electron chi connectivity index (χ3n) is 1.37. The fourth-order valence-corrected chi connectivity index (χ4v) is 0.755. The van der Waals surface area contributed by atoms with Gasteiger partial charge >= 0.3 is 0 Å². The summed E-state index contributed by atoms with van der Waals surface area (Å²) in [6, 6.07) is 2.97. The standard InChI is InChI=1S/C7H9N3O2/c1-10(12)5-2-3-9-6(4-5)7(8)11/h2-4,12H,1H3,(H2,8,11). The molecule has 0 unspecified atom stereocenters. The van der Waals surface area contributed by atoms with Crippen LogP contribution in [0.25, 0.3) is 0 Å². The van der Waals surface area contributed by atoms with Crippen molar-refractivity contribution in [1.29, 1.82) is 0 Å². The first-order valence-electron chi connectivity index (χ1n) is 3.29. The molecule has 0 aliphatic rings. The predicted molar refractivity (Wildman–Crippen MR) is 42.9 cm³/mol. The van der Waals surface area contributed by atoms with Gasteiger partial charge in [0, 0.05) is 13.2 Å². The molecule has 5 heteroatoms. The summed E-state index contributed by atoms with van der Waals surface area (Å²) < 4.78 is 0. The molecule has 1 rings (SSSR count). The molecule has 0 radical (unpaired) electrons. The fourth-order valence-electron chi connectivity index (χ4n) is 0.755. The molecule has 64 valence electrons. The number of pyridine rings is 1. The molecule has 1 amide bonds. The van der Waals surface area contributed by atoms with Crippen molar-refractivity contribution in [3.63, 3.8) is 0 Å². The Labute approximate surface area is 69.4 Å². The second-order valence-electron chi connectivity index (χ2n) is 2.29. The highest BCUT2D eigenvalue weighted by atomic mass is 16.5. The number of carbonyl (C=O) groups excluding carboxylic acids is 1. The molecular weight excluding hydrogens is 158 g/mol. The van der Waals surface area contributed by atoms with Crippen molar-refractivity contribution < 1.29 is 10.0 Å². The maximum Gasteiger partial charge on any atom is 0.267 e. The minimum absolute atomic E-state index is 0.133. The minimum Gasteiger partial charge on any atom is -0.364 e. The van der Waals surface area contributed by atoms with E-state index in [9.17, 15) is 4.79 Å². The van der Waals surface area contributed by atoms with Crippen LogP contribution in [0.5, 0.6) is 0 Å². The minimum atomic E-state index is -0.612. The SMILES string of the molecule is CN(O)c1ccnc(C(N)=O)c1. The van der Waals surface area contributed by atoms with Gasteiger partial charge in [-0.3, -0.25) is 20.0 Å². The Bertz CT molecular complexity index is 298. The van der Waals surface area contributed by atoms with Gasteiger partial charge in [-0.2, -0.15) is 0 Å². The number of hydroxylamine groups is 1. The van der Waals surface area contributed by atoms with E-state index >= 15 is 0 Å². The summed E-state index contributed by atoms with van der Waals surface area (Å²) in [5, 5.41) is 9.87. The zero-order valence-corrected chi connectivity index (χ0v) is 6.56. The maximum absolute atomic E-state index is 10.6. The average molecular weight is 167 g/mol. The molecule has 0 aliphatic carbocycles. The van der Waals surface area contributed by atoms with Crippen molar-refractivity contribution in [3.8, 4) is 0 Å². The van der Waals surface area contributed by atoms with Gasteiger partial charge in [-0.15, -0.1) is 0 Å². The third-order valence-corrected chi connectivity index (χ3v) is 1.37. The van der Waals surface area contributed by atoms with Crippen LogP contribution >= 0.6 is 0 Å². The Hall–Kier alpha value is -1.62. The summed E-state index contributed by atoms with van der Waals surface area (Å²) in [4.78, 5) is 14.3. The molecule has 0 aliphatic heterocycles. The molecule has 0 aromatic carbocycles. The summed E-state index contributed by atoms with van der Waals surface area (Å²) in [6.45, 7) is 0. The zero-order valence-electron chi connectivity index (χ0n) is 6.56. The number of aromatic nitrogens is 1. The molecular formula is C7H9N3O2. The highest BCUT2D eigenvalue weighted by molar-refractivity contribution is 5.91. The highest BCUT2D eigenvalue weighted by Gasteiger charge is 2.03. The molecule has 0 atom stereocenters.